The van der Waals surface area contributed by atoms with Crippen molar-refractivity contribution in [2.45, 2.75) is 68.0 Å². The van der Waals surface area contributed by atoms with Crippen molar-refractivity contribution >= 4 is 63.6 Å². The second-order valence-electron chi connectivity index (χ2n) is 15.5. The molecule has 0 saturated heterocycles. The Balaban J connectivity index is 1.91. The number of amides is 4. The number of phenols is 1. The van der Waals surface area contributed by atoms with Crippen LogP contribution in [-0.4, -0.2) is 208 Å². The molecule has 0 heterocycles. The molecule has 1 unspecified atom stereocenters. The second kappa shape index (κ2) is 43.9. The van der Waals surface area contributed by atoms with E-state index in [2.05, 4.69) is 26.6 Å². The zero-order valence-corrected chi connectivity index (χ0v) is 42.9. The summed E-state index contributed by atoms with van der Waals surface area (Å²) in [5.74, 6) is -1.86. The molecule has 23 nitrogen and oxygen atoms in total. The molecule has 4 amide bonds. The van der Waals surface area contributed by atoms with Crippen LogP contribution in [0.2, 0.25) is 0 Å². The number of Topliss-reactive ketones (excluding diaryl/α,β-unsaturated/α-hetero) is 3. The van der Waals surface area contributed by atoms with Gasteiger partial charge in [0.25, 0.3) is 0 Å². The predicted octanol–water partition coefficient (Wildman–Crippen LogP) is -0.383. The molecule has 0 bridgehead atoms. The van der Waals surface area contributed by atoms with E-state index in [1.807, 2.05) is 0 Å². The van der Waals surface area contributed by atoms with E-state index in [0.29, 0.717) is 110 Å². The molecule has 0 aromatic heterocycles. The minimum Gasteiger partial charge on any atom is -0.508 e. The highest BCUT2D eigenvalue weighted by molar-refractivity contribution is 14.1. The lowest BCUT2D eigenvalue weighted by Crippen LogP contribution is -2.47. The van der Waals surface area contributed by atoms with E-state index >= 15 is 0 Å². The third kappa shape index (κ3) is 38.0. The summed E-state index contributed by atoms with van der Waals surface area (Å²) in [4.78, 5) is 85.0. The van der Waals surface area contributed by atoms with E-state index in [1.54, 1.807) is 41.8 Å². The van der Waals surface area contributed by atoms with Crippen molar-refractivity contribution in [3.63, 3.8) is 0 Å². The number of aromatic hydroxyl groups is 1. The Labute approximate surface area is 424 Å². The molecule has 24 heteroatoms. The summed E-state index contributed by atoms with van der Waals surface area (Å²) in [7, 11) is 1.59. The number of nitrogens with one attached hydrogen (secondary N) is 6. The van der Waals surface area contributed by atoms with Gasteiger partial charge in [-0.2, -0.15) is 0 Å². The molecule has 1 aromatic carbocycles. The number of hydrogen-bond acceptors (Lipinski definition) is 18. The summed E-state index contributed by atoms with van der Waals surface area (Å²) in [5.41, 5.74) is 8.81. The third-order valence-corrected chi connectivity index (χ3v) is 10.5. The Morgan fingerprint density at radius 3 is 1.61 bits per heavy atom. The minimum absolute atomic E-state index is 0.0454. The first-order chi connectivity index (χ1) is 33.8. The number of halogens is 1. The maximum Gasteiger partial charge on any atom is 0.246 e. The molecule has 0 aliphatic carbocycles. The van der Waals surface area contributed by atoms with E-state index in [-0.39, 0.29) is 120 Å². The van der Waals surface area contributed by atoms with Gasteiger partial charge in [0.2, 0.25) is 23.6 Å². The minimum atomic E-state index is -1.13. The van der Waals surface area contributed by atoms with Gasteiger partial charge in [0.15, 0.2) is 11.6 Å². The summed E-state index contributed by atoms with van der Waals surface area (Å²) in [6, 6.07) is 4.52. The van der Waals surface area contributed by atoms with E-state index < -0.39 is 22.0 Å². The summed E-state index contributed by atoms with van der Waals surface area (Å²) in [6.07, 6.45) is 3.48. The van der Waals surface area contributed by atoms with E-state index in [1.165, 1.54) is 19.1 Å². The molecule has 1 rings (SSSR count). The fourth-order valence-corrected chi connectivity index (χ4v) is 6.26. The van der Waals surface area contributed by atoms with Crippen LogP contribution in [0, 0.1) is 0 Å². The van der Waals surface area contributed by atoms with Gasteiger partial charge in [-0.05, 0) is 50.3 Å². The number of carbonyl (C=O) groups excluding carboxylic acids is 7. The standard InChI is InChI=1S/C46H76IN6O17/c1-35(54)40(52-30-41(57)45(47)53-46(61)39(48)29-36-9-11-37(55)12-10-36)8-5-3-4-7-38(56)31-68-26-23-64-19-14-50-42(58)32-67-17-6-16-63-18-13-49-43(59)33-69-27-24-65-20-15-51-44(60)34-70-28-25-66-22-21-62-2/h9-12,39-40,45,48,52,55H,3-8,13-34H2,1-2H3,(H,49,59)(H,50,58)(H,51,60)(H,53,61)/t39-,40-,45?/m0/s1. The number of unbranched alkanes of at least 4 members (excludes halogenated alkanes) is 2. The molecule has 1 aromatic rings. The maximum atomic E-state index is 12.6. The molecular weight excluding hydrogens is 1040 g/mol. The lowest BCUT2D eigenvalue weighted by molar-refractivity contribution is -0.127. The SMILES string of the molecule is COCCOCCOCC(=O)NCCOCCOCC(=O)NCCOCCCOCC(=O)NCCOCCOCC(=O)CCCCC[C@H](NCC(=O)C(I)NC(=O)[C@@H]([NH])Cc1ccc(O)cc1)C(C)=O. The fourth-order valence-electron chi connectivity index (χ4n) is 5.74. The largest absolute Gasteiger partial charge is 0.508 e. The van der Waals surface area contributed by atoms with Crippen LogP contribution in [0.1, 0.15) is 51.0 Å². The van der Waals surface area contributed by atoms with Crippen LogP contribution in [0.25, 0.3) is 0 Å². The van der Waals surface area contributed by atoms with Gasteiger partial charge in [0.1, 0.15) is 48.1 Å². The number of carbonyl (C=O) groups is 7. The molecule has 0 aliphatic heterocycles. The number of benzene rings is 1. The highest BCUT2D eigenvalue weighted by Crippen LogP contribution is 2.12. The van der Waals surface area contributed by atoms with Crippen molar-refractivity contribution < 1.29 is 81.3 Å². The lowest BCUT2D eigenvalue weighted by Gasteiger charge is -2.18. The summed E-state index contributed by atoms with van der Waals surface area (Å²) in [5, 5.41) is 23.0. The van der Waals surface area contributed by atoms with Crippen molar-refractivity contribution in [1.29, 1.82) is 0 Å². The number of hydrogen-bond donors (Lipinski definition) is 6. The van der Waals surface area contributed by atoms with Crippen LogP contribution < -0.4 is 32.3 Å². The van der Waals surface area contributed by atoms with Gasteiger partial charge in [-0.15, -0.1) is 0 Å². The highest BCUT2D eigenvalue weighted by Gasteiger charge is 2.23. The van der Waals surface area contributed by atoms with Gasteiger partial charge < -0.3 is 74.3 Å². The van der Waals surface area contributed by atoms with E-state index in [0.717, 1.165) is 0 Å². The van der Waals surface area contributed by atoms with Crippen LogP contribution in [-0.2, 0) is 82.6 Å². The van der Waals surface area contributed by atoms with Gasteiger partial charge in [0.05, 0.1) is 85.3 Å². The van der Waals surface area contributed by atoms with Gasteiger partial charge in [-0.3, -0.25) is 33.6 Å². The normalized spacial score (nSPS) is 12.5. The number of phenolic OH excluding ortho intramolecular Hbond substituents is 1. The molecule has 0 fully saturated rings. The van der Waals surface area contributed by atoms with Gasteiger partial charge >= 0.3 is 0 Å². The molecule has 399 valence electrons. The first kappa shape index (κ1) is 64.2. The van der Waals surface area contributed by atoms with Gasteiger partial charge in [-0.1, -0.05) is 47.6 Å². The highest BCUT2D eigenvalue weighted by atomic mass is 127. The van der Waals surface area contributed by atoms with Crippen molar-refractivity contribution in [3.05, 3.63) is 29.8 Å². The second-order valence-corrected chi connectivity index (χ2v) is 16.7. The summed E-state index contributed by atoms with van der Waals surface area (Å²) in [6.45, 7) is 6.08. The van der Waals surface area contributed by atoms with E-state index in [9.17, 15) is 38.7 Å². The molecule has 0 saturated carbocycles. The molecule has 0 spiro atoms. The van der Waals surface area contributed by atoms with Crippen LogP contribution in [0.15, 0.2) is 24.3 Å². The number of rotatable bonds is 48. The smallest absolute Gasteiger partial charge is 0.246 e. The Kier molecular flexibility index (Phi) is 40.3. The van der Waals surface area contributed by atoms with Gasteiger partial charge in [0, 0.05) is 46.4 Å². The zero-order valence-electron chi connectivity index (χ0n) is 40.7. The average molecular weight is 1110 g/mol. The summed E-state index contributed by atoms with van der Waals surface area (Å²) >= 11 is 1.79. The molecule has 70 heavy (non-hydrogen) atoms. The first-order valence-electron chi connectivity index (χ1n) is 23.4. The number of alkyl halides is 1. The number of ether oxygens (including phenoxy) is 9. The third-order valence-electron chi connectivity index (χ3n) is 9.50. The van der Waals surface area contributed by atoms with Crippen molar-refractivity contribution in [2.24, 2.45) is 0 Å². The number of methoxy groups -OCH3 is 1. The lowest BCUT2D eigenvalue weighted by atomic mass is 10.0. The fraction of sp³-hybridized carbons (Fsp3) is 0.717. The van der Waals surface area contributed by atoms with Crippen molar-refractivity contribution in [3.8, 4) is 5.75 Å². The number of ketones is 3. The molecule has 1 radical (unpaired) electrons. The molecular formula is C46H76IN6O17. The molecule has 0 aliphatic rings. The van der Waals surface area contributed by atoms with Crippen molar-refractivity contribution in [1.82, 2.24) is 32.3 Å². The van der Waals surface area contributed by atoms with Crippen LogP contribution >= 0.6 is 22.6 Å². The zero-order chi connectivity index (χ0) is 51.5. The average Bonchev–Trinajstić information content (AvgIpc) is 3.33. The van der Waals surface area contributed by atoms with Crippen LogP contribution in [0.3, 0.4) is 0 Å². The van der Waals surface area contributed by atoms with Crippen LogP contribution in [0.5, 0.6) is 5.75 Å². The Bertz CT molecular complexity index is 1600. The van der Waals surface area contributed by atoms with E-state index in [4.69, 9.17) is 48.4 Å². The Hall–Kier alpha value is -3.80. The monoisotopic (exact) mass is 1110 g/mol. The quantitative estimate of drug-likeness (QED) is 0.0210. The van der Waals surface area contributed by atoms with Crippen molar-refractivity contribution in [2.75, 3.05) is 146 Å². The Morgan fingerprint density at radius 2 is 1.07 bits per heavy atom. The molecule has 7 N–H and O–H groups in total. The predicted molar refractivity (Wildman–Crippen MR) is 262 cm³/mol. The van der Waals surface area contributed by atoms with Gasteiger partial charge in [-0.25, -0.2) is 5.73 Å². The summed E-state index contributed by atoms with van der Waals surface area (Å²) < 4.78 is 46.7. The maximum absolute atomic E-state index is 12.6. The first-order valence-corrected chi connectivity index (χ1v) is 24.7. The topological polar surface area (TPSA) is 307 Å². The molecule has 3 atom stereocenters. The van der Waals surface area contributed by atoms with Crippen LogP contribution in [0.4, 0.5) is 0 Å². The Morgan fingerprint density at radius 1 is 0.600 bits per heavy atom.